The van der Waals surface area contributed by atoms with E-state index >= 15 is 0 Å². The van der Waals surface area contributed by atoms with Crippen LogP contribution in [0.3, 0.4) is 0 Å². The molecular formula is C10H16BO5P. The predicted molar refractivity (Wildman–Crippen MR) is 66.1 cm³/mol. The molecule has 0 aromatic carbocycles. The van der Waals surface area contributed by atoms with Crippen LogP contribution in [-0.2, 0) is 14.2 Å². The highest BCUT2D eigenvalue weighted by molar-refractivity contribution is 7.65. The molecule has 2 rings (SSSR count). The van der Waals surface area contributed by atoms with Gasteiger partial charge in [-0.3, -0.25) is 0 Å². The number of methoxy groups -OCH3 is 1. The minimum atomic E-state index is -3.22. The quantitative estimate of drug-likeness (QED) is 0.543. The summed E-state index contributed by atoms with van der Waals surface area (Å²) in [5.41, 5.74) is -0.745. The van der Waals surface area contributed by atoms with Crippen molar-refractivity contribution < 1.29 is 24.0 Å². The van der Waals surface area contributed by atoms with Crippen molar-refractivity contribution in [1.29, 1.82) is 0 Å². The van der Waals surface area contributed by atoms with Gasteiger partial charge in [-0.05, 0) is 18.2 Å². The van der Waals surface area contributed by atoms with Crippen molar-refractivity contribution in [2.75, 3.05) is 13.7 Å². The summed E-state index contributed by atoms with van der Waals surface area (Å²) in [5.74, 6) is 1.28. The van der Waals surface area contributed by atoms with Crippen molar-refractivity contribution in [2.45, 2.75) is 30.2 Å². The van der Waals surface area contributed by atoms with E-state index in [2.05, 4.69) is 6.30 Å². The molecule has 0 amide bonds. The van der Waals surface area contributed by atoms with Gasteiger partial charge in [-0.1, -0.05) is 0 Å². The highest BCUT2D eigenvalue weighted by Crippen LogP contribution is 2.44. The van der Waals surface area contributed by atoms with Gasteiger partial charge in [-0.2, -0.15) is 0 Å². The van der Waals surface area contributed by atoms with Crippen molar-refractivity contribution in [2.24, 2.45) is 0 Å². The minimum Gasteiger partial charge on any atom is -0.375 e. The Morgan fingerprint density at radius 1 is 1.59 bits per heavy atom. The van der Waals surface area contributed by atoms with Gasteiger partial charge in [0, 0.05) is 19.5 Å². The normalized spacial score (nSPS) is 42.2. The molecule has 2 radical (unpaired) electrons. The Kier molecular flexibility index (Phi) is 3.56. The highest BCUT2D eigenvalue weighted by atomic mass is 31.2. The van der Waals surface area contributed by atoms with E-state index in [9.17, 15) is 9.79 Å². The summed E-state index contributed by atoms with van der Waals surface area (Å²) in [7, 11) is 4.15. The van der Waals surface area contributed by atoms with Crippen LogP contribution in [0.15, 0.2) is 11.9 Å². The highest BCUT2D eigenvalue weighted by Gasteiger charge is 2.55. The summed E-state index contributed by atoms with van der Waals surface area (Å²) in [5, 5.41) is 0. The maximum absolute atomic E-state index is 9.31. The Labute approximate surface area is 102 Å². The third kappa shape index (κ3) is 2.52. The van der Waals surface area contributed by atoms with Gasteiger partial charge < -0.3 is 24.0 Å². The third-order valence-electron chi connectivity index (χ3n) is 3.11. The maximum atomic E-state index is 9.31. The smallest absolute Gasteiger partial charge is 0.134 e. The average molecular weight is 258 g/mol. The van der Waals surface area contributed by atoms with E-state index in [-0.39, 0.29) is 12.2 Å². The fourth-order valence-corrected chi connectivity index (χ4v) is 2.86. The zero-order valence-electron chi connectivity index (χ0n) is 9.65. The lowest BCUT2D eigenvalue weighted by Gasteiger charge is -2.36. The average Bonchev–Trinajstić information content (AvgIpc) is 2.38. The zero-order chi connectivity index (χ0) is 12.7. The van der Waals surface area contributed by atoms with Gasteiger partial charge in [0.1, 0.15) is 33.0 Å². The minimum absolute atomic E-state index is 0.326. The standard InChI is InChI=1S/C10H16BO5P/c1-14-8-7-9(11)16-10(8,3-5-15-7)4-6-17(2,12)13/h4,6-9,12-13H,2-3,5H2,1H3/b6-4+/t7-,8?,9+,10+/m0/s1. The third-order valence-corrected chi connectivity index (χ3v) is 3.74. The first-order chi connectivity index (χ1) is 7.88. The van der Waals surface area contributed by atoms with E-state index in [1.807, 2.05) is 0 Å². The monoisotopic (exact) mass is 258 g/mol. The largest absolute Gasteiger partial charge is 0.375 e. The molecule has 2 saturated heterocycles. The van der Waals surface area contributed by atoms with E-state index in [1.54, 1.807) is 13.2 Å². The van der Waals surface area contributed by atoms with Crippen LogP contribution in [0.2, 0.25) is 0 Å². The van der Waals surface area contributed by atoms with E-state index < -0.39 is 18.9 Å². The lowest BCUT2D eigenvalue weighted by atomic mass is 9.85. The van der Waals surface area contributed by atoms with Crippen molar-refractivity contribution in [3.05, 3.63) is 11.9 Å². The molecule has 2 bridgehead atoms. The number of rotatable bonds is 3. The Morgan fingerprint density at radius 2 is 2.29 bits per heavy atom. The summed E-state index contributed by atoms with van der Waals surface area (Å²) in [6, 6.07) is -0.568. The molecule has 2 aliphatic rings. The van der Waals surface area contributed by atoms with Crippen LogP contribution in [0.25, 0.3) is 0 Å². The van der Waals surface area contributed by atoms with Crippen LogP contribution in [-0.4, -0.2) is 61.5 Å². The van der Waals surface area contributed by atoms with Gasteiger partial charge in [-0.15, -0.1) is 0 Å². The predicted octanol–water partition coefficient (Wildman–Crippen LogP) is -0.168. The number of hydrogen-bond donors (Lipinski definition) is 2. The Morgan fingerprint density at radius 3 is 2.88 bits per heavy atom. The molecule has 4 atom stereocenters. The summed E-state index contributed by atoms with van der Waals surface area (Å²) in [4.78, 5) is 18.6. The van der Waals surface area contributed by atoms with Crippen LogP contribution in [0.4, 0.5) is 0 Å². The molecular weight excluding hydrogens is 242 g/mol. The molecule has 0 aromatic heterocycles. The second-order valence-corrected chi connectivity index (χ2v) is 6.25. The summed E-state index contributed by atoms with van der Waals surface area (Å²) < 4.78 is 16.5. The molecule has 5 nitrogen and oxygen atoms in total. The van der Waals surface area contributed by atoms with Crippen molar-refractivity contribution in [3.63, 3.8) is 0 Å². The van der Waals surface area contributed by atoms with Crippen molar-refractivity contribution in [3.8, 4) is 0 Å². The molecule has 2 N–H and O–H groups in total. The van der Waals surface area contributed by atoms with E-state index in [1.165, 1.54) is 5.82 Å². The van der Waals surface area contributed by atoms with Gasteiger partial charge in [0.25, 0.3) is 0 Å². The molecule has 94 valence electrons. The number of fused-ring (bicyclic) bond motifs is 2. The molecule has 17 heavy (non-hydrogen) atoms. The van der Waals surface area contributed by atoms with Gasteiger partial charge in [-0.25, -0.2) is 0 Å². The molecule has 2 fully saturated rings. The topological polar surface area (TPSA) is 68.2 Å². The SMILES string of the molecule is [B][C@@H]1O[C@@]2(/C=C/P(=C)(O)O)CCO[C@H]1C2OC. The first-order valence-electron chi connectivity index (χ1n) is 5.35. The fraction of sp³-hybridized carbons (Fsp3) is 0.700. The number of ether oxygens (including phenoxy) is 3. The van der Waals surface area contributed by atoms with Crippen molar-refractivity contribution in [1.82, 2.24) is 0 Å². The Bertz CT molecular complexity index is 368. The summed E-state index contributed by atoms with van der Waals surface area (Å²) >= 11 is 0. The molecule has 7 heteroatoms. The second-order valence-electron chi connectivity index (χ2n) is 4.38. The molecule has 2 heterocycles. The van der Waals surface area contributed by atoms with Crippen molar-refractivity contribution >= 4 is 21.5 Å². The maximum Gasteiger partial charge on any atom is 0.134 e. The van der Waals surface area contributed by atoms with Crippen LogP contribution < -0.4 is 0 Å². The van der Waals surface area contributed by atoms with Gasteiger partial charge in [0.15, 0.2) is 0 Å². The van der Waals surface area contributed by atoms with Gasteiger partial charge in [0.2, 0.25) is 0 Å². The lowest BCUT2D eigenvalue weighted by Crippen LogP contribution is -2.49. The molecule has 2 aliphatic heterocycles. The molecule has 1 unspecified atom stereocenters. The van der Waals surface area contributed by atoms with Crippen LogP contribution in [0.1, 0.15) is 6.42 Å². The molecule has 0 aliphatic carbocycles. The van der Waals surface area contributed by atoms with E-state index in [4.69, 9.17) is 22.1 Å². The first kappa shape index (κ1) is 13.3. The van der Waals surface area contributed by atoms with Gasteiger partial charge in [0.05, 0.1) is 6.61 Å². The van der Waals surface area contributed by atoms with Gasteiger partial charge >= 0.3 is 0 Å². The zero-order valence-corrected chi connectivity index (χ0v) is 10.5. The van der Waals surface area contributed by atoms with Crippen LogP contribution in [0, 0.1) is 0 Å². The van der Waals surface area contributed by atoms with Crippen LogP contribution >= 0.6 is 7.34 Å². The van der Waals surface area contributed by atoms with E-state index in [0.717, 1.165) is 0 Å². The molecule has 0 spiro atoms. The molecule has 0 saturated carbocycles. The van der Waals surface area contributed by atoms with Crippen LogP contribution in [0.5, 0.6) is 0 Å². The second kappa shape index (κ2) is 4.54. The first-order valence-corrected chi connectivity index (χ1v) is 7.30. The molecule has 0 aromatic rings. The Balaban J connectivity index is 2.28. The fourth-order valence-electron chi connectivity index (χ4n) is 2.37. The summed E-state index contributed by atoms with van der Waals surface area (Å²) in [6.07, 6.45) is 4.78. The number of hydrogen-bond acceptors (Lipinski definition) is 5. The Hall–Kier alpha value is -0.0951. The lowest BCUT2D eigenvalue weighted by molar-refractivity contribution is -0.110. The van der Waals surface area contributed by atoms with E-state index in [0.29, 0.717) is 13.0 Å². The summed E-state index contributed by atoms with van der Waals surface area (Å²) in [6.45, 7) is 0.502.